The first-order chi connectivity index (χ1) is 7.88. The fraction of sp³-hybridized carbons (Fsp3) is 0.154. The van der Waals surface area contributed by atoms with Gasteiger partial charge in [-0.3, -0.25) is 4.98 Å². The molecule has 0 atom stereocenters. The Bertz CT molecular complexity index is 443. The molecule has 0 saturated heterocycles. The third-order valence-electron chi connectivity index (χ3n) is 2.20. The van der Waals surface area contributed by atoms with Crippen LogP contribution in [0.5, 0.6) is 5.75 Å². The van der Waals surface area contributed by atoms with Gasteiger partial charge >= 0.3 is 0 Å². The first-order valence-electron chi connectivity index (χ1n) is 5.21. The molecule has 0 amide bonds. The molecule has 0 saturated carbocycles. The molecule has 3 nitrogen and oxygen atoms in total. The van der Waals surface area contributed by atoms with Crippen molar-refractivity contribution < 1.29 is 4.74 Å². The molecule has 0 bridgehead atoms. The van der Waals surface area contributed by atoms with Crippen LogP contribution < -0.4 is 10.5 Å². The van der Waals surface area contributed by atoms with Gasteiger partial charge in [0.2, 0.25) is 0 Å². The lowest BCUT2D eigenvalue weighted by Gasteiger charge is -2.06. The minimum Gasteiger partial charge on any atom is -0.487 e. The van der Waals surface area contributed by atoms with Crippen LogP contribution in [0, 0.1) is 0 Å². The maximum Gasteiger partial charge on any atom is 0.130 e. The minimum absolute atomic E-state index is 0.458. The summed E-state index contributed by atoms with van der Waals surface area (Å²) in [6.45, 7) is 0.928. The SMILES string of the molecule is NCc1cccc(COc2ccccc2)n1. The second-order valence-electron chi connectivity index (χ2n) is 3.43. The van der Waals surface area contributed by atoms with Crippen molar-refractivity contribution in [3.63, 3.8) is 0 Å². The monoisotopic (exact) mass is 214 g/mol. The molecule has 0 fully saturated rings. The summed E-state index contributed by atoms with van der Waals surface area (Å²) in [5.74, 6) is 0.849. The van der Waals surface area contributed by atoms with Crippen molar-refractivity contribution in [3.8, 4) is 5.75 Å². The molecule has 2 N–H and O–H groups in total. The van der Waals surface area contributed by atoms with E-state index in [4.69, 9.17) is 10.5 Å². The van der Waals surface area contributed by atoms with Crippen molar-refractivity contribution in [2.24, 2.45) is 5.73 Å². The average Bonchev–Trinajstić information content (AvgIpc) is 2.38. The van der Waals surface area contributed by atoms with E-state index in [9.17, 15) is 0 Å². The number of ether oxygens (including phenoxy) is 1. The van der Waals surface area contributed by atoms with Crippen LogP contribution in [0.15, 0.2) is 48.5 Å². The van der Waals surface area contributed by atoms with Crippen molar-refractivity contribution in [1.82, 2.24) is 4.98 Å². The molecule has 0 spiro atoms. The predicted octanol–water partition coefficient (Wildman–Crippen LogP) is 2.12. The molecule has 16 heavy (non-hydrogen) atoms. The molecule has 1 heterocycles. The molecule has 1 aromatic heterocycles. The largest absolute Gasteiger partial charge is 0.487 e. The zero-order valence-electron chi connectivity index (χ0n) is 8.97. The lowest BCUT2D eigenvalue weighted by molar-refractivity contribution is 0.301. The Hall–Kier alpha value is -1.87. The smallest absolute Gasteiger partial charge is 0.130 e. The van der Waals surface area contributed by atoms with Crippen molar-refractivity contribution >= 4 is 0 Å². The number of benzene rings is 1. The molecular formula is C13H14N2O. The molecule has 1 aromatic carbocycles. The third-order valence-corrected chi connectivity index (χ3v) is 2.20. The number of rotatable bonds is 4. The van der Waals surface area contributed by atoms with Crippen LogP contribution in [0.2, 0.25) is 0 Å². The second kappa shape index (κ2) is 5.28. The van der Waals surface area contributed by atoms with Crippen LogP contribution in [0.1, 0.15) is 11.4 Å². The van der Waals surface area contributed by atoms with E-state index in [1.807, 2.05) is 48.5 Å². The van der Waals surface area contributed by atoms with Gasteiger partial charge in [-0.1, -0.05) is 24.3 Å². The maximum absolute atomic E-state index is 5.59. The van der Waals surface area contributed by atoms with Gasteiger partial charge in [-0.05, 0) is 24.3 Å². The Morgan fingerprint density at radius 1 is 0.938 bits per heavy atom. The standard InChI is InChI=1S/C13H14N2O/c14-9-11-5-4-6-12(15-11)10-16-13-7-2-1-3-8-13/h1-8H,9-10,14H2. The lowest BCUT2D eigenvalue weighted by atomic mass is 10.3. The summed E-state index contributed by atoms with van der Waals surface area (Å²) in [4.78, 5) is 4.36. The summed E-state index contributed by atoms with van der Waals surface area (Å²) in [5.41, 5.74) is 7.30. The van der Waals surface area contributed by atoms with E-state index in [0.717, 1.165) is 17.1 Å². The van der Waals surface area contributed by atoms with Gasteiger partial charge in [-0.15, -0.1) is 0 Å². The normalized spacial score (nSPS) is 10.1. The van der Waals surface area contributed by atoms with Gasteiger partial charge in [0, 0.05) is 6.54 Å². The first-order valence-corrected chi connectivity index (χ1v) is 5.21. The number of nitrogens with two attached hydrogens (primary N) is 1. The molecule has 2 aromatic rings. The van der Waals surface area contributed by atoms with Crippen LogP contribution in [-0.2, 0) is 13.2 Å². The highest BCUT2D eigenvalue weighted by atomic mass is 16.5. The van der Waals surface area contributed by atoms with Crippen LogP contribution in [0.4, 0.5) is 0 Å². The van der Waals surface area contributed by atoms with Crippen molar-refractivity contribution in [2.45, 2.75) is 13.2 Å². The Kier molecular flexibility index (Phi) is 3.51. The van der Waals surface area contributed by atoms with E-state index in [1.165, 1.54) is 0 Å². The molecule has 0 aliphatic carbocycles. The number of aromatic nitrogens is 1. The number of pyridine rings is 1. The summed E-state index contributed by atoms with van der Waals surface area (Å²) >= 11 is 0. The van der Waals surface area contributed by atoms with E-state index >= 15 is 0 Å². The quantitative estimate of drug-likeness (QED) is 0.848. The summed E-state index contributed by atoms with van der Waals surface area (Å²) in [7, 11) is 0. The van der Waals surface area contributed by atoms with Crippen LogP contribution in [-0.4, -0.2) is 4.98 Å². The number of hydrogen-bond acceptors (Lipinski definition) is 3. The summed E-state index contributed by atoms with van der Waals surface area (Å²) in [6, 6.07) is 15.5. The molecule has 2 rings (SSSR count). The van der Waals surface area contributed by atoms with Gasteiger partial charge < -0.3 is 10.5 Å². The third kappa shape index (κ3) is 2.81. The zero-order chi connectivity index (χ0) is 11.2. The van der Waals surface area contributed by atoms with Crippen LogP contribution in [0.3, 0.4) is 0 Å². The van der Waals surface area contributed by atoms with Gasteiger partial charge in [-0.2, -0.15) is 0 Å². The highest BCUT2D eigenvalue weighted by Crippen LogP contribution is 2.10. The van der Waals surface area contributed by atoms with E-state index in [0.29, 0.717) is 13.2 Å². The highest BCUT2D eigenvalue weighted by Gasteiger charge is 1.97. The van der Waals surface area contributed by atoms with Crippen molar-refractivity contribution in [2.75, 3.05) is 0 Å². The van der Waals surface area contributed by atoms with Gasteiger partial charge in [0.1, 0.15) is 12.4 Å². The van der Waals surface area contributed by atoms with Crippen molar-refractivity contribution in [1.29, 1.82) is 0 Å². The maximum atomic E-state index is 5.59. The first kappa shape index (κ1) is 10.6. The van der Waals surface area contributed by atoms with Gasteiger partial charge in [0.15, 0.2) is 0 Å². The molecule has 0 aliphatic rings. The minimum atomic E-state index is 0.458. The highest BCUT2D eigenvalue weighted by molar-refractivity contribution is 5.21. The second-order valence-corrected chi connectivity index (χ2v) is 3.43. The van der Waals surface area contributed by atoms with Crippen LogP contribution >= 0.6 is 0 Å². The number of para-hydroxylation sites is 1. The zero-order valence-corrected chi connectivity index (χ0v) is 8.97. The van der Waals surface area contributed by atoms with Crippen LogP contribution in [0.25, 0.3) is 0 Å². The van der Waals surface area contributed by atoms with Gasteiger partial charge in [0.05, 0.1) is 11.4 Å². The summed E-state index contributed by atoms with van der Waals surface area (Å²) in [5, 5.41) is 0. The predicted molar refractivity (Wildman–Crippen MR) is 62.9 cm³/mol. The van der Waals surface area contributed by atoms with Gasteiger partial charge in [-0.25, -0.2) is 0 Å². The fourth-order valence-corrected chi connectivity index (χ4v) is 1.40. The molecular weight excluding hydrogens is 200 g/mol. The Balaban J connectivity index is 1.99. The average molecular weight is 214 g/mol. The van der Waals surface area contributed by atoms with E-state index in [2.05, 4.69) is 4.98 Å². The Morgan fingerprint density at radius 3 is 2.44 bits per heavy atom. The molecule has 3 heteroatoms. The van der Waals surface area contributed by atoms with Crippen molar-refractivity contribution in [3.05, 3.63) is 59.9 Å². The molecule has 0 radical (unpaired) electrons. The van der Waals surface area contributed by atoms with E-state index in [-0.39, 0.29) is 0 Å². The lowest BCUT2D eigenvalue weighted by Crippen LogP contribution is -2.04. The number of hydrogen-bond donors (Lipinski definition) is 1. The molecule has 82 valence electrons. The Labute approximate surface area is 94.9 Å². The fourth-order valence-electron chi connectivity index (χ4n) is 1.40. The molecule has 0 aliphatic heterocycles. The summed E-state index contributed by atoms with van der Waals surface area (Å²) < 4.78 is 5.59. The summed E-state index contributed by atoms with van der Waals surface area (Å²) in [6.07, 6.45) is 0. The van der Waals surface area contributed by atoms with E-state index < -0.39 is 0 Å². The van der Waals surface area contributed by atoms with Gasteiger partial charge in [0.25, 0.3) is 0 Å². The van der Waals surface area contributed by atoms with E-state index in [1.54, 1.807) is 0 Å². The topological polar surface area (TPSA) is 48.1 Å². The number of nitrogens with zero attached hydrogens (tertiary/aromatic N) is 1. The molecule has 0 unspecified atom stereocenters. The Morgan fingerprint density at radius 2 is 1.69 bits per heavy atom.